The molecule has 0 aromatic heterocycles. The van der Waals surface area contributed by atoms with Crippen molar-refractivity contribution in [2.75, 3.05) is 0 Å². The molecule has 0 unspecified atom stereocenters. The summed E-state index contributed by atoms with van der Waals surface area (Å²) in [6.07, 6.45) is 14.4. The maximum Gasteiger partial charge on any atom is -0.0228 e. The van der Waals surface area contributed by atoms with Gasteiger partial charge in [-0.3, -0.25) is 0 Å². The van der Waals surface area contributed by atoms with Crippen LogP contribution in [0.15, 0.2) is 36.4 Å². The fourth-order valence-corrected chi connectivity index (χ4v) is 2.43. The van der Waals surface area contributed by atoms with Crippen molar-refractivity contribution in [1.82, 2.24) is 0 Å². The van der Waals surface area contributed by atoms with E-state index in [0.717, 1.165) is 0 Å². The van der Waals surface area contributed by atoms with Crippen LogP contribution in [0.25, 0.3) is 5.57 Å². The number of rotatable bonds is 10. The van der Waals surface area contributed by atoms with Crippen molar-refractivity contribution in [2.24, 2.45) is 0 Å². The molecule has 0 radical (unpaired) electrons. The molecule has 0 aliphatic rings. The number of unbranched alkanes of at least 4 members (excludes halogenated alkanes) is 6. The Morgan fingerprint density at radius 1 is 0.842 bits per heavy atom. The van der Waals surface area contributed by atoms with Crippen LogP contribution >= 0.6 is 0 Å². The molecule has 0 amide bonds. The minimum Gasteiger partial charge on any atom is -0.0807 e. The molecule has 0 aliphatic heterocycles. The zero-order valence-corrected chi connectivity index (χ0v) is 12.8. The molecule has 0 N–H and O–H groups in total. The van der Waals surface area contributed by atoms with Crippen LogP contribution in [0, 0.1) is 0 Å². The summed E-state index contributed by atoms with van der Waals surface area (Å²) >= 11 is 0. The van der Waals surface area contributed by atoms with E-state index in [0.29, 0.717) is 0 Å². The van der Waals surface area contributed by atoms with Crippen LogP contribution in [-0.2, 0) is 0 Å². The Labute approximate surface area is 119 Å². The van der Waals surface area contributed by atoms with Crippen molar-refractivity contribution >= 4 is 5.57 Å². The largest absolute Gasteiger partial charge is 0.0807 e. The van der Waals surface area contributed by atoms with E-state index in [2.05, 4.69) is 50.3 Å². The molecule has 0 bridgehead atoms. The third-order valence-electron chi connectivity index (χ3n) is 3.64. The highest BCUT2D eigenvalue weighted by Crippen LogP contribution is 2.22. The summed E-state index contributed by atoms with van der Waals surface area (Å²) in [6, 6.07) is 10.9. The Morgan fingerprint density at radius 2 is 1.53 bits per heavy atom. The summed E-state index contributed by atoms with van der Waals surface area (Å²) in [4.78, 5) is 0. The van der Waals surface area contributed by atoms with Gasteiger partial charge >= 0.3 is 0 Å². The van der Waals surface area contributed by atoms with E-state index in [-0.39, 0.29) is 0 Å². The van der Waals surface area contributed by atoms with Crippen molar-refractivity contribution in [3.8, 4) is 0 Å². The number of benzene rings is 1. The predicted molar refractivity (Wildman–Crippen MR) is 87.3 cm³/mol. The molecule has 0 nitrogen and oxygen atoms in total. The summed E-state index contributed by atoms with van der Waals surface area (Å²) in [5.74, 6) is 0. The first kappa shape index (κ1) is 16.0. The average molecular weight is 258 g/mol. The quantitative estimate of drug-likeness (QED) is 0.414. The van der Waals surface area contributed by atoms with Crippen LogP contribution in [-0.4, -0.2) is 0 Å². The van der Waals surface area contributed by atoms with E-state index in [1.54, 1.807) is 5.57 Å². The van der Waals surface area contributed by atoms with Crippen LogP contribution in [0.4, 0.5) is 0 Å². The van der Waals surface area contributed by atoms with E-state index in [1.807, 2.05) is 0 Å². The minimum atomic E-state index is 1.24. The molecule has 0 aliphatic carbocycles. The SMILES string of the molecule is CCCCC/C=C(/CCCCCC)c1ccccc1. The van der Waals surface area contributed by atoms with Gasteiger partial charge in [0.15, 0.2) is 0 Å². The number of hydrogen-bond donors (Lipinski definition) is 0. The van der Waals surface area contributed by atoms with Gasteiger partial charge in [0.1, 0.15) is 0 Å². The van der Waals surface area contributed by atoms with E-state index in [1.165, 1.54) is 63.4 Å². The molecular weight excluding hydrogens is 228 g/mol. The van der Waals surface area contributed by atoms with E-state index >= 15 is 0 Å². The van der Waals surface area contributed by atoms with Crippen molar-refractivity contribution in [2.45, 2.75) is 71.6 Å². The van der Waals surface area contributed by atoms with Crippen LogP contribution in [0.5, 0.6) is 0 Å². The molecule has 0 saturated heterocycles. The van der Waals surface area contributed by atoms with Gasteiger partial charge in [-0.2, -0.15) is 0 Å². The second-order valence-electron chi connectivity index (χ2n) is 5.40. The lowest BCUT2D eigenvalue weighted by atomic mass is 9.97. The third kappa shape index (κ3) is 7.20. The van der Waals surface area contributed by atoms with Gasteiger partial charge in [0.05, 0.1) is 0 Å². The average Bonchev–Trinajstić information content (AvgIpc) is 2.46. The lowest BCUT2D eigenvalue weighted by Crippen LogP contribution is -1.87. The second kappa shape index (κ2) is 10.8. The zero-order valence-electron chi connectivity index (χ0n) is 12.8. The summed E-state index contributed by atoms with van der Waals surface area (Å²) in [7, 11) is 0. The van der Waals surface area contributed by atoms with Gasteiger partial charge in [-0.15, -0.1) is 0 Å². The van der Waals surface area contributed by atoms with E-state index < -0.39 is 0 Å². The molecule has 19 heavy (non-hydrogen) atoms. The summed E-state index contributed by atoms with van der Waals surface area (Å²) in [6.45, 7) is 4.55. The molecule has 0 heteroatoms. The Bertz CT molecular complexity index is 334. The van der Waals surface area contributed by atoms with Crippen molar-refractivity contribution < 1.29 is 0 Å². The zero-order chi connectivity index (χ0) is 13.8. The van der Waals surface area contributed by atoms with Crippen LogP contribution < -0.4 is 0 Å². The summed E-state index contributed by atoms with van der Waals surface area (Å²) in [5.41, 5.74) is 2.99. The maximum absolute atomic E-state index is 2.48. The molecule has 1 aromatic carbocycles. The molecule has 0 fully saturated rings. The van der Waals surface area contributed by atoms with Crippen molar-refractivity contribution in [1.29, 1.82) is 0 Å². The van der Waals surface area contributed by atoms with Crippen molar-refractivity contribution in [3.63, 3.8) is 0 Å². The standard InChI is InChI=1S/C19H30/c1-3-5-7-10-14-18(15-11-8-6-4-2)19-16-12-9-13-17-19/h9,12-14,16-17H,3-8,10-11,15H2,1-2H3/b18-14-. The molecule has 0 saturated carbocycles. The molecular formula is C19H30. The Balaban J connectivity index is 2.52. The highest BCUT2D eigenvalue weighted by atomic mass is 14.1. The highest BCUT2D eigenvalue weighted by Gasteiger charge is 2.01. The van der Waals surface area contributed by atoms with Gasteiger partial charge in [0, 0.05) is 0 Å². The molecule has 106 valence electrons. The normalized spacial score (nSPS) is 11.8. The van der Waals surface area contributed by atoms with Crippen LogP contribution in [0.3, 0.4) is 0 Å². The Morgan fingerprint density at radius 3 is 2.21 bits per heavy atom. The molecule has 0 atom stereocenters. The third-order valence-corrected chi connectivity index (χ3v) is 3.64. The summed E-state index contributed by atoms with van der Waals surface area (Å²) < 4.78 is 0. The highest BCUT2D eigenvalue weighted by molar-refractivity contribution is 5.65. The molecule has 0 spiro atoms. The smallest absolute Gasteiger partial charge is 0.0228 e. The Kier molecular flexibility index (Phi) is 9.14. The van der Waals surface area contributed by atoms with Gasteiger partial charge in [-0.1, -0.05) is 82.4 Å². The van der Waals surface area contributed by atoms with Gasteiger partial charge in [-0.05, 0) is 36.8 Å². The lowest BCUT2D eigenvalue weighted by Gasteiger charge is -2.08. The topological polar surface area (TPSA) is 0 Å². The van der Waals surface area contributed by atoms with Gasteiger partial charge in [-0.25, -0.2) is 0 Å². The Hall–Kier alpha value is -1.04. The fourth-order valence-electron chi connectivity index (χ4n) is 2.43. The summed E-state index contributed by atoms with van der Waals surface area (Å²) in [5, 5.41) is 0. The number of hydrogen-bond acceptors (Lipinski definition) is 0. The first-order chi connectivity index (χ1) is 9.38. The monoisotopic (exact) mass is 258 g/mol. The van der Waals surface area contributed by atoms with E-state index in [9.17, 15) is 0 Å². The van der Waals surface area contributed by atoms with Gasteiger partial charge in [0.2, 0.25) is 0 Å². The molecule has 1 aromatic rings. The maximum atomic E-state index is 2.48. The van der Waals surface area contributed by atoms with Gasteiger partial charge < -0.3 is 0 Å². The second-order valence-corrected chi connectivity index (χ2v) is 5.40. The predicted octanol–water partition coefficient (Wildman–Crippen LogP) is 6.62. The van der Waals surface area contributed by atoms with Crippen LogP contribution in [0.1, 0.15) is 77.2 Å². The van der Waals surface area contributed by atoms with Crippen molar-refractivity contribution in [3.05, 3.63) is 42.0 Å². The molecule has 1 rings (SSSR count). The minimum absolute atomic E-state index is 1.24. The fraction of sp³-hybridized carbons (Fsp3) is 0.579. The molecule has 0 heterocycles. The van der Waals surface area contributed by atoms with Crippen LogP contribution in [0.2, 0.25) is 0 Å². The lowest BCUT2D eigenvalue weighted by molar-refractivity contribution is 0.677. The number of allylic oxidation sites excluding steroid dienone is 2. The van der Waals surface area contributed by atoms with E-state index in [4.69, 9.17) is 0 Å². The first-order valence-electron chi connectivity index (χ1n) is 8.13. The first-order valence-corrected chi connectivity index (χ1v) is 8.13. The van der Waals surface area contributed by atoms with Gasteiger partial charge in [0.25, 0.3) is 0 Å².